The maximum Gasteiger partial charge on any atom is 0.0590 e. The fraction of sp³-hybridized carbons (Fsp3) is 0.643. The second-order valence-corrected chi connectivity index (χ2v) is 4.89. The van der Waals surface area contributed by atoms with Crippen LogP contribution in [0.25, 0.3) is 0 Å². The van der Waals surface area contributed by atoms with Crippen LogP contribution in [0.15, 0.2) is 18.3 Å². The predicted molar refractivity (Wildman–Crippen MR) is 69.1 cm³/mol. The summed E-state index contributed by atoms with van der Waals surface area (Å²) in [5.74, 6) is 0. The summed E-state index contributed by atoms with van der Waals surface area (Å²) in [6.07, 6.45) is 6.87. The molecule has 1 saturated heterocycles. The second-order valence-electron chi connectivity index (χ2n) is 4.89. The van der Waals surface area contributed by atoms with E-state index in [0.717, 1.165) is 25.1 Å². The Morgan fingerprint density at radius 3 is 3.00 bits per heavy atom. The minimum atomic E-state index is 0.442. The van der Waals surface area contributed by atoms with E-state index in [9.17, 15) is 0 Å². The molecular formula is C14H22N2O. The highest BCUT2D eigenvalue weighted by molar-refractivity contribution is 5.13. The van der Waals surface area contributed by atoms with Crippen LogP contribution in [0.5, 0.6) is 0 Å². The number of aromatic nitrogens is 1. The molecule has 2 unspecified atom stereocenters. The van der Waals surface area contributed by atoms with Gasteiger partial charge in [-0.3, -0.25) is 4.98 Å². The van der Waals surface area contributed by atoms with E-state index >= 15 is 0 Å². The molecule has 1 aromatic heterocycles. The first-order valence-corrected chi connectivity index (χ1v) is 6.48. The second kappa shape index (κ2) is 6.12. The quantitative estimate of drug-likeness (QED) is 0.847. The Morgan fingerprint density at radius 2 is 2.41 bits per heavy atom. The smallest absolute Gasteiger partial charge is 0.0590 e. The molecule has 1 aliphatic rings. The molecule has 17 heavy (non-hydrogen) atoms. The van der Waals surface area contributed by atoms with Crippen LogP contribution in [-0.4, -0.2) is 30.8 Å². The molecular weight excluding hydrogens is 212 g/mol. The van der Waals surface area contributed by atoms with Crippen molar-refractivity contribution in [3.05, 3.63) is 29.6 Å². The zero-order chi connectivity index (χ0) is 12.1. The summed E-state index contributed by atoms with van der Waals surface area (Å²) < 4.78 is 5.68. The molecule has 2 rings (SSSR count). The van der Waals surface area contributed by atoms with Crippen LogP contribution >= 0.6 is 0 Å². The van der Waals surface area contributed by atoms with Gasteiger partial charge in [-0.25, -0.2) is 0 Å². The number of nitrogens with zero attached hydrogens (tertiary/aromatic N) is 1. The standard InChI is InChI=1S/C14H22N2O/c1-11-5-6-12(16-10-11)8-13(15-2)9-14-4-3-7-17-14/h5-6,10,13-15H,3-4,7-9H2,1-2H3. The van der Waals surface area contributed by atoms with E-state index in [1.807, 2.05) is 13.2 Å². The molecule has 1 fully saturated rings. The third-order valence-electron chi connectivity index (χ3n) is 3.41. The lowest BCUT2D eigenvalue weighted by atomic mass is 10.0. The van der Waals surface area contributed by atoms with Gasteiger partial charge in [0, 0.05) is 31.0 Å². The van der Waals surface area contributed by atoms with E-state index in [4.69, 9.17) is 4.74 Å². The highest BCUT2D eigenvalue weighted by Gasteiger charge is 2.20. The van der Waals surface area contributed by atoms with Crippen LogP contribution in [0.2, 0.25) is 0 Å². The third-order valence-corrected chi connectivity index (χ3v) is 3.41. The van der Waals surface area contributed by atoms with Gasteiger partial charge in [-0.2, -0.15) is 0 Å². The average Bonchev–Trinajstić information content (AvgIpc) is 2.84. The fourth-order valence-electron chi connectivity index (χ4n) is 2.32. The SMILES string of the molecule is CNC(Cc1ccc(C)cn1)CC1CCCO1. The maximum absolute atomic E-state index is 5.68. The Hall–Kier alpha value is -0.930. The van der Waals surface area contributed by atoms with Crippen molar-refractivity contribution in [3.8, 4) is 0 Å². The van der Waals surface area contributed by atoms with Crippen molar-refractivity contribution in [3.63, 3.8) is 0 Å². The molecule has 0 aromatic carbocycles. The molecule has 1 N–H and O–H groups in total. The summed E-state index contributed by atoms with van der Waals surface area (Å²) in [4.78, 5) is 4.46. The molecule has 0 spiro atoms. The maximum atomic E-state index is 5.68. The number of ether oxygens (including phenoxy) is 1. The van der Waals surface area contributed by atoms with Crippen LogP contribution in [0.4, 0.5) is 0 Å². The van der Waals surface area contributed by atoms with Gasteiger partial charge < -0.3 is 10.1 Å². The van der Waals surface area contributed by atoms with E-state index in [0.29, 0.717) is 12.1 Å². The van der Waals surface area contributed by atoms with Gasteiger partial charge in [0.25, 0.3) is 0 Å². The van der Waals surface area contributed by atoms with Crippen LogP contribution in [0.1, 0.15) is 30.5 Å². The molecule has 3 heteroatoms. The van der Waals surface area contributed by atoms with E-state index in [1.54, 1.807) is 0 Å². The summed E-state index contributed by atoms with van der Waals surface area (Å²) in [6.45, 7) is 3.00. The first-order valence-electron chi connectivity index (χ1n) is 6.48. The largest absolute Gasteiger partial charge is 0.378 e. The summed E-state index contributed by atoms with van der Waals surface area (Å²) in [6, 6.07) is 4.71. The highest BCUT2D eigenvalue weighted by atomic mass is 16.5. The van der Waals surface area contributed by atoms with E-state index in [1.165, 1.54) is 18.4 Å². The fourth-order valence-corrected chi connectivity index (χ4v) is 2.32. The minimum absolute atomic E-state index is 0.442. The molecule has 94 valence electrons. The molecule has 1 aromatic rings. The van der Waals surface area contributed by atoms with Gasteiger partial charge >= 0.3 is 0 Å². The Labute approximate surface area is 104 Å². The summed E-state index contributed by atoms with van der Waals surface area (Å²) >= 11 is 0. The molecule has 2 atom stereocenters. The predicted octanol–water partition coefficient (Wildman–Crippen LogP) is 2.09. The molecule has 2 heterocycles. The number of hydrogen-bond acceptors (Lipinski definition) is 3. The molecule has 0 radical (unpaired) electrons. The van der Waals surface area contributed by atoms with Crippen molar-refractivity contribution in [1.82, 2.24) is 10.3 Å². The Balaban J connectivity index is 1.87. The number of rotatable bonds is 5. The van der Waals surface area contributed by atoms with Crippen LogP contribution < -0.4 is 5.32 Å². The zero-order valence-electron chi connectivity index (χ0n) is 10.8. The number of pyridine rings is 1. The average molecular weight is 234 g/mol. The minimum Gasteiger partial charge on any atom is -0.378 e. The topological polar surface area (TPSA) is 34.2 Å². The van der Waals surface area contributed by atoms with Crippen molar-refractivity contribution in [2.75, 3.05) is 13.7 Å². The van der Waals surface area contributed by atoms with Gasteiger partial charge in [0.2, 0.25) is 0 Å². The number of hydrogen-bond donors (Lipinski definition) is 1. The first kappa shape index (κ1) is 12.5. The van der Waals surface area contributed by atoms with Crippen molar-refractivity contribution in [2.24, 2.45) is 0 Å². The summed E-state index contributed by atoms with van der Waals surface area (Å²) in [5.41, 5.74) is 2.38. The van der Waals surface area contributed by atoms with Gasteiger partial charge in [0.1, 0.15) is 0 Å². The van der Waals surface area contributed by atoms with E-state index in [-0.39, 0.29) is 0 Å². The van der Waals surface area contributed by atoms with Crippen molar-refractivity contribution < 1.29 is 4.74 Å². The molecule has 1 aliphatic heterocycles. The van der Waals surface area contributed by atoms with E-state index in [2.05, 4.69) is 29.4 Å². The molecule has 0 amide bonds. The van der Waals surface area contributed by atoms with Gasteiger partial charge in [0.15, 0.2) is 0 Å². The first-order chi connectivity index (χ1) is 8.28. The Kier molecular flexibility index (Phi) is 4.51. The third kappa shape index (κ3) is 3.79. The summed E-state index contributed by atoms with van der Waals surface area (Å²) in [5, 5.41) is 3.37. The number of nitrogens with one attached hydrogen (secondary N) is 1. The van der Waals surface area contributed by atoms with Crippen molar-refractivity contribution in [1.29, 1.82) is 0 Å². The molecule has 0 bridgehead atoms. The highest BCUT2D eigenvalue weighted by Crippen LogP contribution is 2.18. The van der Waals surface area contributed by atoms with Crippen molar-refractivity contribution in [2.45, 2.75) is 44.8 Å². The van der Waals surface area contributed by atoms with E-state index < -0.39 is 0 Å². The molecule has 3 nitrogen and oxygen atoms in total. The van der Waals surface area contributed by atoms with Crippen molar-refractivity contribution >= 4 is 0 Å². The van der Waals surface area contributed by atoms with Gasteiger partial charge in [-0.05, 0) is 44.9 Å². The summed E-state index contributed by atoms with van der Waals surface area (Å²) in [7, 11) is 2.02. The van der Waals surface area contributed by atoms with Crippen LogP contribution in [0.3, 0.4) is 0 Å². The van der Waals surface area contributed by atoms with Crippen LogP contribution in [0, 0.1) is 6.92 Å². The van der Waals surface area contributed by atoms with Gasteiger partial charge in [-0.15, -0.1) is 0 Å². The Morgan fingerprint density at radius 1 is 1.53 bits per heavy atom. The lowest BCUT2D eigenvalue weighted by Gasteiger charge is -2.19. The lowest BCUT2D eigenvalue weighted by molar-refractivity contribution is 0.0953. The monoisotopic (exact) mass is 234 g/mol. The van der Waals surface area contributed by atoms with Gasteiger partial charge in [0.05, 0.1) is 6.10 Å². The van der Waals surface area contributed by atoms with Gasteiger partial charge in [-0.1, -0.05) is 6.07 Å². The normalized spacial score (nSPS) is 21.6. The molecule has 0 saturated carbocycles. The lowest BCUT2D eigenvalue weighted by Crippen LogP contribution is -2.32. The molecule has 0 aliphatic carbocycles. The number of likely N-dealkylation sites (N-methyl/N-ethyl adjacent to an activating group) is 1. The Bertz CT molecular complexity index is 331. The number of aryl methyl sites for hydroxylation is 1. The van der Waals surface area contributed by atoms with Crippen LogP contribution in [-0.2, 0) is 11.2 Å². The zero-order valence-corrected chi connectivity index (χ0v) is 10.8.